The fourth-order valence-corrected chi connectivity index (χ4v) is 3.85. The number of ether oxygens (including phenoxy) is 2. The van der Waals surface area contributed by atoms with E-state index >= 15 is 0 Å². The molecule has 1 aliphatic heterocycles. The van der Waals surface area contributed by atoms with Gasteiger partial charge in [-0.2, -0.15) is 0 Å². The lowest BCUT2D eigenvalue weighted by atomic mass is 10.0. The monoisotopic (exact) mass is 472 g/mol. The maximum absolute atomic E-state index is 13.7. The third-order valence-corrected chi connectivity index (χ3v) is 5.44. The van der Waals surface area contributed by atoms with E-state index in [0.29, 0.717) is 23.7 Å². The van der Waals surface area contributed by atoms with Gasteiger partial charge in [-0.25, -0.2) is 14.8 Å². The van der Waals surface area contributed by atoms with Crippen molar-refractivity contribution in [3.05, 3.63) is 89.6 Å². The van der Waals surface area contributed by atoms with E-state index in [1.807, 2.05) is 68.4 Å². The highest BCUT2D eigenvalue weighted by molar-refractivity contribution is 6.20. The number of pyridine rings is 1. The largest absolute Gasteiger partial charge is 0.481 e. The normalized spacial score (nSPS) is 15.2. The zero-order valence-electron chi connectivity index (χ0n) is 20.0. The molecule has 2 heterocycles. The topological polar surface area (TPSA) is 93.1 Å². The second-order valence-corrected chi connectivity index (χ2v) is 8.53. The Balaban J connectivity index is 1.71. The third kappa shape index (κ3) is 5.66. The number of hydrogen-bond donors (Lipinski definition) is 1. The van der Waals surface area contributed by atoms with Crippen LogP contribution in [0.25, 0.3) is 0 Å². The van der Waals surface area contributed by atoms with Gasteiger partial charge in [0.05, 0.1) is 18.5 Å². The summed E-state index contributed by atoms with van der Waals surface area (Å²) in [5, 5.41) is 2.66. The van der Waals surface area contributed by atoms with Gasteiger partial charge in [0.1, 0.15) is 6.61 Å². The minimum Gasteiger partial charge on any atom is -0.481 e. The van der Waals surface area contributed by atoms with Crippen molar-refractivity contribution in [2.24, 2.45) is 10.9 Å². The van der Waals surface area contributed by atoms with Gasteiger partial charge in [-0.1, -0.05) is 62.4 Å². The molecule has 8 heteroatoms. The van der Waals surface area contributed by atoms with Gasteiger partial charge >= 0.3 is 6.09 Å². The number of benzodiazepines with no additional fused rings is 1. The number of anilines is 1. The van der Waals surface area contributed by atoms with Gasteiger partial charge in [0.2, 0.25) is 12.0 Å². The van der Waals surface area contributed by atoms with Crippen LogP contribution in [0.15, 0.2) is 77.9 Å². The molecule has 1 aliphatic rings. The van der Waals surface area contributed by atoms with Crippen molar-refractivity contribution in [2.45, 2.75) is 26.6 Å². The summed E-state index contributed by atoms with van der Waals surface area (Å²) < 4.78 is 10.7. The SMILES string of the molecule is COc1cc(C2=N[C@H](NC(=O)OCc3ccccc3)C(=O)N(CC(C)C)c3ccccc32)ccn1. The van der Waals surface area contributed by atoms with E-state index in [1.54, 1.807) is 23.2 Å². The average Bonchev–Trinajstić information content (AvgIpc) is 2.98. The summed E-state index contributed by atoms with van der Waals surface area (Å²) in [7, 11) is 1.54. The van der Waals surface area contributed by atoms with Crippen LogP contribution in [0, 0.1) is 5.92 Å². The summed E-state index contributed by atoms with van der Waals surface area (Å²) in [6, 6.07) is 20.5. The first kappa shape index (κ1) is 23.9. The Morgan fingerprint density at radius 3 is 2.57 bits per heavy atom. The fourth-order valence-electron chi connectivity index (χ4n) is 3.85. The molecule has 1 atom stereocenters. The lowest BCUT2D eigenvalue weighted by Gasteiger charge is -2.27. The Morgan fingerprint density at radius 2 is 1.83 bits per heavy atom. The third-order valence-electron chi connectivity index (χ3n) is 5.44. The number of nitrogens with one attached hydrogen (secondary N) is 1. The van der Waals surface area contributed by atoms with Crippen molar-refractivity contribution >= 4 is 23.4 Å². The van der Waals surface area contributed by atoms with Crippen LogP contribution in [-0.4, -0.2) is 42.5 Å². The molecule has 35 heavy (non-hydrogen) atoms. The second kappa shape index (κ2) is 10.8. The maximum Gasteiger partial charge on any atom is 0.409 e. The van der Waals surface area contributed by atoms with E-state index in [-0.39, 0.29) is 18.4 Å². The molecule has 180 valence electrons. The molecular formula is C27H28N4O4. The molecule has 1 N–H and O–H groups in total. The zero-order valence-corrected chi connectivity index (χ0v) is 20.0. The number of carbonyl (C=O) groups is 2. The molecule has 0 bridgehead atoms. The first-order chi connectivity index (χ1) is 17.0. The summed E-state index contributed by atoms with van der Waals surface area (Å²) in [4.78, 5) is 36.9. The van der Waals surface area contributed by atoms with Crippen molar-refractivity contribution in [3.63, 3.8) is 0 Å². The first-order valence-corrected chi connectivity index (χ1v) is 11.4. The number of para-hydroxylation sites is 1. The number of nitrogens with zero attached hydrogens (tertiary/aromatic N) is 3. The smallest absolute Gasteiger partial charge is 0.409 e. The van der Waals surface area contributed by atoms with E-state index < -0.39 is 12.3 Å². The van der Waals surface area contributed by atoms with Gasteiger partial charge in [0.15, 0.2) is 0 Å². The van der Waals surface area contributed by atoms with Crippen molar-refractivity contribution < 1.29 is 19.1 Å². The number of fused-ring (bicyclic) bond motifs is 1. The minimum absolute atomic E-state index is 0.0850. The van der Waals surface area contributed by atoms with Crippen molar-refractivity contribution in [2.75, 3.05) is 18.6 Å². The van der Waals surface area contributed by atoms with E-state index in [2.05, 4.69) is 10.3 Å². The molecule has 1 aromatic heterocycles. The molecule has 8 nitrogen and oxygen atoms in total. The van der Waals surface area contributed by atoms with Gasteiger partial charge in [0.25, 0.3) is 5.91 Å². The zero-order chi connectivity index (χ0) is 24.8. The van der Waals surface area contributed by atoms with Crippen LogP contribution in [0.2, 0.25) is 0 Å². The minimum atomic E-state index is -1.17. The van der Waals surface area contributed by atoms with Crippen molar-refractivity contribution in [1.82, 2.24) is 10.3 Å². The predicted octanol–water partition coefficient (Wildman–Crippen LogP) is 4.18. The number of methoxy groups -OCH3 is 1. The maximum atomic E-state index is 13.7. The van der Waals surface area contributed by atoms with Crippen LogP contribution >= 0.6 is 0 Å². The quantitative estimate of drug-likeness (QED) is 0.557. The number of rotatable bonds is 7. The van der Waals surface area contributed by atoms with Crippen LogP contribution in [0.4, 0.5) is 10.5 Å². The molecule has 0 aliphatic carbocycles. The molecule has 0 saturated heterocycles. The van der Waals surface area contributed by atoms with E-state index in [9.17, 15) is 9.59 Å². The summed E-state index contributed by atoms with van der Waals surface area (Å²) in [6.07, 6.45) is -0.272. The Bertz CT molecular complexity index is 1230. The number of alkyl carbamates (subject to hydrolysis) is 1. The van der Waals surface area contributed by atoms with E-state index in [1.165, 1.54) is 7.11 Å². The molecule has 0 spiro atoms. The number of aromatic nitrogens is 1. The molecule has 3 aromatic rings. The van der Waals surface area contributed by atoms with E-state index in [4.69, 9.17) is 14.5 Å². The van der Waals surface area contributed by atoms with E-state index in [0.717, 1.165) is 16.8 Å². The molecule has 0 fully saturated rings. The molecule has 2 aromatic carbocycles. The fraction of sp³-hybridized carbons (Fsp3) is 0.259. The predicted molar refractivity (Wildman–Crippen MR) is 134 cm³/mol. The first-order valence-electron chi connectivity index (χ1n) is 11.4. The summed E-state index contributed by atoms with van der Waals surface area (Å²) in [5.74, 6) is 0.281. The van der Waals surface area contributed by atoms with Gasteiger partial charge in [-0.15, -0.1) is 0 Å². The Labute approximate surface area is 204 Å². The highest BCUT2D eigenvalue weighted by Gasteiger charge is 2.33. The van der Waals surface area contributed by atoms with Gasteiger partial charge in [-0.3, -0.25) is 10.1 Å². The lowest BCUT2D eigenvalue weighted by molar-refractivity contribution is -0.120. The Kier molecular flexibility index (Phi) is 7.40. The van der Waals surface area contributed by atoms with Crippen molar-refractivity contribution in [1.29, 1.82) is 0 Å². The second-order valence-electron chi connectivity index (χ2n) is 8.53. The Hall–Kier alpha value is -4.20. The molecular weight excluding hydrogens is 444 g/mol. The van der Waals surface area contributed by atoms with Crippen molar-refractivity contribution in [3.8, 4) is 5.88 Å². The number of amides is 2. The molecule has 0 radical (unpaired) electrons. The number of aliphatic imine (C=N–C) groups is 1. The summed E-state index contributed by atoms with van der Waals surface area (Å²) >= 11 is 0. The number of hydrogen-bond acceptors (Lipinski definition) is 6. The highest BCUT2D eigenvalue weighted by Crippen LogP contribution is 2.29. The molecule has 0 saturated carbocycles. The standard InChI is InChI=1S/C27H28N4O4/c1-18(2)16-31-22-12-8-7-11-21(22)24(20-13-14-28-23(15-20)34-3)29-25(26(31)32)30-27(33)35-17-19-9-5-4-6-10-19/h4-15,18,25H,16-17H2,1-3H3,(H,30,33)/t25-/m1/s1. The Morgan fingerprint density at radius 1 is 1.09 bits per heavy atom. The lowest BCUT2D eigenvalue weighted by Crippen LogP contribution is -2.48. The summed E-state index contributed by atoms with van der Waals surface area (Å²) in [5.41, 5.74) is 3.61. The van der Waals surface area contributed by atoms with Gasteiger partial charge in [0, 0.05) is 29.9 Å². The molecule has 2 amide bonds. The highest BCUT2D eigenvalue weighted by atomic mass is 16.5. The van der Waals surface area contributed by atoms with Crippen LogP contribution in [-0.2, 0) is 16.1 Å². The number of carbonyl (C=O) groups excluding carboxylic acids is 2. The van der Waals surface area contributed by atoms with Crippen LogP contribution in [0.5, 0.6) is 5.88 Å². The molecule has 0 unspecified atom stereocenters. The van der Waals surface area contributed by atoms with Crippen LogP contribution in [0.1, 0.15) is 30.5 Å². The van der Waals surface area contributed by atoms with Gasteiger partial charge in [-0.05, 0) is 23.6 Å². The average molecular weight is 473 g/mol. The van der Waals surface area contributed by atoms with Crippen LogP contribution in [0.3, 0.4) is 0 Å². The summed E-state index contributed by atoms with van der Waals surface area (Å²) in [6.45, 7) is 4.62. The van der Waals surface area contributed by atoms with Gasteiger partial charge < -0.3 is 14.4 Å². The molecule has 4 rings (SSSR count). The number of benzene rings is 2. The van der Waals surface area contributed by atoms with Crippen LogP contribution < -0.4 is 15.0 Å².